The number of thiazole rings is 1. The van der Waals surface area contributed by atoms with Crippen molar-refractivity contribution in [1.82, 2.24) is 4.98 Å². The van der Waals surface area contributed by atoms with Gasteiger partial charge in [0.15, 0.2) is 5.13 Å². The number of hydrogen-bond acceptors (Lipinski definition) is 5. The first-order valence-corrected chi connectivity index (χ1v) is 11.4. The molecule has 0 atom stereocenters. The van der Waals surface area contributed by atoms with Crippen molar-refractivity contribution in [1.29, 1.82) is 0 Å². The van der Waals surface area contributed by atoms with Crippen LogP contribution in [-0.4, -0.2) is 26.4 Å². The summed E-state index contributed by atoms with van der Waals surface area (Å²) in [6.45, 7) is 2.00. The molecule has 0 saturated heterocycles. The highest BCUT2D eigenvalue weighted by atomic mass is 32.2. The topological polar surface area (TPSA) is 79.4 Å². The zero-order chi connectivity index (χ0) is 21.3. The maximum Gasteiger partial charge on any atom is 0.264 e. The van der Waals surface area contributed by atoms with Crippen molar-refractivity contribution < 1.29 is 13.2 Å². The van der Waals surface area contributed by atoms with Crippen molar-refractivity contribution in [3.63, 3.8) is 0 Å². The molecule has 4 rings (SSSR count). The Bertz CT molecular complexity index is 1330. The summed E-state index contributed by atoms with van der Waals surface area (Å²) in [5.74, 6) is -0.412. The number of hydrogen-bond donors (Lipinski definition) is 1. The Balaban J connectivity index is 1.59. The van der Waals surface area contributed by atoms with Gasteiger partial charge in [-0.3, -0.25) is 14.4 Å². The highest BCUT2D eigenvalue weighted by Gasteiger charge is 2.22. The number of rotatable bonds is 5. The number of aryl methyl sites for hydroxylation is 1. The van der Waals surface area contributed by atoms with E-state index in [1.807, 2.05) is 31.2 Å². The molecule has 6 nitrogen and oxygen atoms in total. The van der Waals surface area contributed by atoms with Crippen LogP contribution in [0, 0.1) is 6.92 Å². The molecule has 0 fully saturated rings. The van der Waals surface area contributed by atoms with E-state index in [0.717, 1.165) is 15.8 Å². The zero-order valence-corrected chi connectivity index (χ0v) is 18.0. The van der Waals surface area contributed by atoms with Crippen molar-refractivity contribution in [3.05, 3.63) is 83.9 Å². The van der Waals surface area contributed by atoms with Gasteiger partial charge < -0.3 is 0 Å². The van der Waals surface area contributed by atoms with Crippen molar-refractivity contribution >= 4 is 48.3 Å². The number of sulfonamides is 1. The van der Waals surface area contributed by atoms with Gasteiger partial charge in [0.05, 0.1) is 20.8 Å². The first-order valence-electron chi connectivity index (χ1n) is 9.17. The van der Waals surface area contributed by atoms with Crippen molar-refractivity contribution in [2.24, 2.45) is 0 Å². The van der Waals surface area contributed by atoms with Gasteiger partial charge in [0, 0.05) is 12.6 Å². The van der Waals surface area contributed by atoms with E-state index in [1.165, 1.54) is 34.8 Å². The van der Waals surface area contributed by atoms with Gasteiger partial charge in [0.25, 0.3) is 15.9 Å². The Hall–Kier alpha value is -3.23. The van der Waals surface area contributed by atoms with E-state index in [9.17, 15) is 13.2 Å². The Labute approximate surface area is 178 Å². The molecule has 152 valence electrons. The standard InChI is InChI=1S/C22H19N3O3S2/c1-15-11-12-19-20(13-15)29-22(23-19)24-21(26)16-7-6-10-18(14-16)30(27,28)25(2)17-8-4-3-5-9-17/h3-14H,1-2H3,(H,23,24,26). The Morgan fingerprint density at radius 3 is 2.53 bits per heavy atom. The molecule has 1 N–H and O–H groups in total. The second-order valence-corrected chi connectivity index (χ2v) is 9.78. The minimum atomic E-state index is -3.81. The summed E-state index contributed by atoms with van der Waals surface area (Å²) in [6.07, 6.45) is 0. The lowest BCUT2D eigenvalue weighted by molar-refractivity contribution is 0.102. The third-order valence-corrected chi connectivity index (χ3v) is 7.35. The van der Waals surface area contributed by atoms with E-state index in [4.69, 9.17) is 0 Å². The van der Waals surface area contributed by atoms with Crippen LogP contribution in [0.3, 0.4) is 0 Å². The third kappa shape index (κ3) is 3.92. The molecule has 0 aliphatic heterocycles. The van der Waals surface area contributed by atoms with Crippen LogP contribution in [0.25, 0.3) is 10.2 Å². The summed E-state index contributed by atoms with van der Waals surface area (Å²) in [5, 5.41) is 3.23. The van der Waals surface area contributed by atoms with E-state index >= 15 is 0 Å². The predicted octanol–water partition coefficient (Wildman–Crippen LogP) is 4.68. The Kier molecular flexibility index (Phi) is 5.27. The lowest BCUT2D eigenvalue weighted by atomic mass is 10.2. The second-order valence-electron chi connectivity index (χ2n) is 6.78. The summed E-state index contributed by atoms with van der Waals surface area (Å²) in [4.78, 5) is 17.2. The van der Waals surface area contributed by atoms with Crippen molar-refractivity contribution in [2.45, 2.75) is 11.8 Å². The maximum atomic E-state index is 13.0. The summed E-state index contributed by atoms with van der Waals surface area (Å²) >= 11 is 1.38. The summed E-state index contributed by atoms with van der Waals surface area (Å²) < 4.78 is 28.2. The van der Waals surface area contributed by atoms with Crippen molar-refractivity contribution in [2.75, 3.05) is 16.7 Å². The SMILES string of the molecule is Cc1ccc2nc(NC(=O)c3cccc(S(=O)(=O)N(C)c4ccccc4)c3)sc2c1. The minimum absolute atomic E-state index is 0.0430. The molecule has 4 aromatic rings. The van der Waals surface area contributed by atoms with Crippen LogP contribution in [0.15, 0.2) is 77.7 Å². The maximum absolute atomic E-state index is 13.0. The molecule has 1 aromatic heterocycles. The molecule has 1 amide bonds. The van der Waals surface area contributed by atoms with Crippen LogP contribution in [0.2, 0.25) is 0 Å². The lowest BCUT2D eigenvalue weighted by Crippen LogP contribution is -2.26. The zero-order valence-electron chi connectivity index (χ0n) is 16.4. The van der Waals surface area contributed by atoms with Gasteiger partial charge in [-0.05, 0) is 55.0 Å². The van der Waals surface area contributed by atoms with Crippen LogP contribution < -0.4 is 9.62 Å². The fourth-order valence-electron chi connectivity index (χ4n) is 2.99. The molecule has 0 spiro atoms. The largest absolute Gasteiger partial charge is 0.298 e. The third-order valence-electron chi connectivity index (χ3n) is 4.64. The molecule has 0 bridgehead atoms. The number of amides is 1. The molecular formula is C22H19N3O3S2. The quantitative estimate of drug-likeness (QED) is 0.492. The number of aromatic nitrogens is 1. The number of nitrogens with one attached hydrogen (secondary N) is 1. The van der Waals surface area contributed by atoms with Crippen LogP contribution in [0.1, 0.15) is 15.9 Å². The normalized spacial score (nSPS) is 11.4. The number of nitrogens with zero attached hydrogens (tertiary/aromatic N) is 2. The van der Waals surface area contributed by atoms with E-state index in [2.05, 4.69) is 10.3 Å². The van der Waals surface area contributed by atoms with E-state index in [1.54, 1.807) is 36.4 Å². The number of carbonyl (C=O) groups is 1. The predicted molar refractivity (Wildman–Crippen MR) is 121 cm³/mol. The van der Waals surface area contributed by atoms with Crippen LogP contribution in [0.4, 0.5) is 10.8 Å². The van der Waals surface area contributed by atoms with Gasteiger partial charge in [-0.2, -0.15) is 0 Å². The molecular weight excluding hydrogens is 418 g/mol. The molecule has 30 heavy (non-hydrogen) atoms. The molecule has 0 aliphatic carbocycles. The highest BCUT2D eigenvalue weighted by Crippen LogP contribution is 2.27. The molecule has 0 saturated carbocycles. The average molecular weight is 438 g/mol. The number of para-hydroxylation sites is 1. The van der Waals surface area contributed by atoms with E-state index < -0.39 is 15.9 Å². The van der Waals surface area contributed by atoms with Crippen LogP contribution >= 0.6 is 11.3 Å². The molecule has 0 radical (unpaired) electrons. The first kappa shape index (κ1) is 20.1. The summed E-state index contributed by atoms with van der Waals surface area (Å²) in [6, 6.07) is 20.6. The van der Waals surface area contributed by atoms with Crippen LogP contribution in [0.5, 0.6) is 0 Å². The molecule has 1 heterocycles. The fourth-order valence-corrected chi connectivity index (χ4v) is 5.19. The Morgan fingerprint density at radius 1 is 1.00 bits per heavy atom. The number of fused-ring (bicyclic) bond motifs is 1. The molecule has 8 heteroatoms. The summed E-state index contributed by atoms with van der Waals surface area (Å²) in [5.41, 5.74) is 2.70. The first-order chi connectivity index (χ1) is 14.3. The van der Waals surface area contributed by atoms with Crippen molar-refractivity contribution in [3.8, 4) is 0 Å². The fraction of sp³-hybridized carbons (Fsp3) is 0.0909. The average Bonchev–Trinajstić information content (AvgIpc) is 3.15. The number of benzene rings is 3. The van der Waals surface area contributed by atoms with Gasteiger partial charge in [-0.1, -0.05) is 41.7 Å². The van der Waals surface area contributed by atoms with E-state index in [-0.39, 0.29) is 10.5 Å². The minimum Gasteiger partial charge on any atom is -0.298 e. The van der Waals surface area contributed by atoms with Gasteiger partial charge in [-0.15, -0.1) is 0 Å². The highest BCUT2D eigenvalue weighted by molar-refractivity contribution is 7.92. The lowest BCUT2D eigenvalue weighted by Gasteiger charge is -2.19. The number of carbonyl (C=O) groups excluding carboxylic acids is 1. The smallest absolute Gasteiger partial charge is 0.264 e. The second kappa shape index (κ2) is 7.89. The van der Waals surface area contributed by atoms with Gasteiger partial charge in [0.2, 0.25) is 0 Å². The van der Waals surface area contributed by atoms with Gasteiger partial charge in [0.1, 0.15) is 0 Å². The monoisotopic (exact) mass is 437 g/mol. The van der Waals surface area contributed by atoms with Gasteiger partial charge >= 0.3 is 0 Å². The van der Waals surface area contributed by atoms with E-state index in [0.29, 0.717) is 10.8 Å². The van der Waals surface area contributed by atoms with Crippen LogP contribution in [-0.2, 0) is 10.0 Å². The molecule has 0 unspecified atom stereocenters. The molecule has 3 aromatic carbocycles. The van der Waals surface area contributed by atoms with Gasteiger partial charge in [-0.25, -0.2) is 13.4 Å². The number of anilines is 2. The Morgan fingerprint density at radius 2 is 1.77 bits per heavy atom. The molecule has 0 aliphatic rings. The summed E-state index contributed by atoms with van der Waals surface area (Å²) in [7, 11) is -2.32.